The van der Waals surface area contributed by atoms with Gasteiger partial charge in [0.2, 0.25) is 0 Å². The molecule has 1 aromatic carbocycles. The molecule has 1 saturated carbocycles. The number of hydrogen-bond acceptors (Lipinski definition) is 1. The van der Waals surface area contributed by atoms with E-state index in [2.05, 4.69) is 0 Å². The first-order chi connectivity index (χ1) is 6.99. The van der Waals surface area contributed by atoms with E-state index in [1.807, 2.05) is 6.92 Å². The number of nitrogens with two attached hydrogens (primary N) is 1. The van der Waals surface area contributed by atoms with Crippen LogP contribution in [0.1, 0.15) is 31.7 Å². The van der Waals surface area contributed by atoms with E-state index in [1.54, 1.807) is 0 Å². The Morgan fingerprint density at radius 3 is 2.33 bits per heavy atom. The minimum atomic E-state index is -0.508. The summed E-state index contributed by atoms with van der Waals surface area (Å²) in [6.07, 6.45) is 2.63. The molecule has 2 atom stereocenters. The first kappa shape index (κ1) is 10.6. The van der Waals surface area contributed by atoms with Gasteiger partial charge < -0.3 is 5.73 Å². The van der Waals surface area contributed by atoms with Gasteiger partial charge in [0.15, 0.2) is 0 Å². The van der Waals surface area contributed by atoms with Crippen molar-refractivity contribution in [1.82, 2.24) is 0 Å². The van der Waals surface area contributed by atoms with Crippen LogP contribution in [0.5, 0.6) is 0 Å². The lowest BCUT2D eigenvalue weighted by Gasteiger charge is -2.24. The summed E-state index contributed by atoms with van der Waals surface area (Å²) in [5, 5.41) is 0. The third kappa shape index (κ3) is 2.02. The second kappa shape index (κ2) is 3.56. The molecule has 2 N–H and O–H groups in total. The van der Waals surface area contributed by atoms with Crippen LogP contribution in [0.15, 0.2) is 18.2 Å². The van der Waals surface area contributed by atoms with Gasteiger partial charge in [0.05, 0.1) is 0 Å². The number of halogens is 2. The highest BCUT2D eigenvalue weighted by Gasteiger charge is 2.35. The maximum Gasteiger partial charge on any atom is 0.126 e. The third-order valence-electron chi connectivity index (χ3n) is 3.34. The Morgan fingerprint density at radius 1 is 1.27 bits per heavy atom. The molecule has 0 bridgehead atoms. The SMILES string of the molecule is CC1(c2cc(F)cc(F)c2)CCC(N)C1. The second-order valence-corrected chi connectivity index (χ2v) is 4.72. The Morgan fingerprint density at radius 2 is 1.87 bits per heavy atom. The minimum absolute atomic E-state index is 0.154. The van der Waals surface area contributed by atoms with Crippen LogP contribution in [0.4, 0.5) is 8.78 Å². The first-order valence-electron chi connectivity index (χ1n) is 5.22. The van der Waals surface area contributed by atoms with E-state index < -0.39 is 11.6 Å². The van der Waals surface area contributed by atoms with Crippen LogP contribution in [-0.2, 0) is 5.41 Å². The summed E-state index contributed by atoms with van der Waals surface area (Å²) in [7, 11) is 0. The monoisotopic (exact) mass is 211 g/mol. The zero-order valence-corrected chi connectivity index (χ0v) is 8.76. The molecule has 0 aliphatic heterocycles. The van der Waals surface area contributed by atoms with E-state index in [0.29, 0.717) is 0 Å². The van der Waals surface area contributed by atoms with Crippen LogP contribution < -0.4 is 5.73 Å². The van der Waals surface area contributed by atoms with Crippen molar-refractivity contribution >= 4 is 0 Å². The lowest BCUT2D eigenvalue weighted by Crippen LogP contribution is -2.22. The molecule has 1 fully saturated rings. The average molecular weight is 211 g/mol. The fourth-order valence-electron chi connectivity index (χ4n) is 2.45. The Bertz CT molecular complexity index is 358. The molecule has 15 heavy (non-hydrogen) atoms. The fourth-order valence-corrected chi connectivity index (χ4v) is 2.45. The van der Waals surface area contributed by atoms with Gasteiger partial charge in [-0.05, 0) is 42.4 Å². The van der Waals surface area contributed by atoms with E-state index in [4.69, 9.17) is 5.73 Å². The summed E-state index contributed by atoms with van der Waals surface area (Å²) in [6, 6.07) is 3.89. The van der Waals surface area contributed by atoms with Crippen LogP contribution in [-0.4, -0.2) is 6.04 Å². The number of hydrogen-bond donors (Lipinski definition) is 1. The molecule has 0 aromatic heterocycles. The molecular formula is C12H15F2N. The normalized spacial score (nSPS) is 30.8. The highest BCUT2D eigenvalue weighted by molar-refractivity contribution is 5.28. The molecule has 1 aliphatic carbocycles. The van der Waals surface area contributed by atoms with Gasteiger partial charge in [-0.1, -0.05) is 6.92 Å². The van der Waals surface area contributed by atoms with Gasteiger partial charge in [-0.2, -0.15) is 0 Å². The molecule has 3 heteroatoms. The van der Waals surface area contributed by atoms with Gasteiger partial charge in [-0.15, -0.1) is 0 Å². The summed E-state index contributed by atoms with van der Waals surface area (Å²) >= 11 is 0. The lowest BCUT2D eigenvalue weighted by atomic mass is 9.81. The maximum absolute atomic E-state index is 13.1. The molecule has 0 heterocycles. The van der Waals surface area contributed by atoms with Gasteiger partial charge >= 0.3 is 0 Å². The van der Waals surface area contributed by atoms with Crippen molar-refractivity contribution in [2.45, 2.75) is 37.6 Å². The third-order valence-corrected chi connectivity index (χ3v) is 3.34. The Labute approximate surface area is 88.3 Å². The van der Waals surface area contributed by atoms with Crippen molar-refractivity contribution in [2.24, 2.45) is 5.73 Å². The molecule has 1 nitrogen and oxygen atoms in total. The van der Waals surface area contributed by atoms with Crippen molar-refractivity contribution in [3.63, 3.8) is 0 Å². The van der Waals surface area contributed by atoms with Gasteiger partial charge in [0, 0.05) is 12.1 Å². The summed E-state index contributed by atoms with van der Waals surface area (Å²) in [5.74, 6) is -1.02. The van der Waals surface area contributed by atoms with E-state index in [1.165, 1.54) is 12.1 Å². The minimum Gasteiger partial charge on any atom is -0.328 e. The quantitative estimate of drug-likeness (QED) is 0.759. The highest BCUT2D eigenvalue weighted by Crippen LogP contribution is 2.40. The van der Waals surface area contributed by atoms with Crippen LogP contribution in [0.2, 0.25) is 0 Å². The van der Waals surface area contributed by atoms with Gasteiger partial charge in [-0.25, -0.2) is 8.78 Å². The first-order valence-corrected chi connectivity index (χ1v) is 5.22. The van der Waals surface area contributed by atoms with Crippen molar-refractivity contribution < 1.29 is 8.78 Å². The Balaban J connectivity index is 2.36. The van der Waals surface area contributed by atoms with E-state index >= 15 is 0 Å². The summed E-state index contributed by atoms with van der Waals surface area (Å²) in [5.41, 5.74) is 6.40. The van der Waals surface area contributed by atoms with E-state index in [9.17, 15) is 8.78 Å². The van der Waals surface area contributed by atoms with Gasteiger partial charge in [0.1, 0.15) is 11.6 Å². The zero-order chi connectivity index (χ0) is 11.1. The van der Waals surface area contributed by atoms with E-state index in [0.717, 1.165) is 30.9 Å². The molecule has 0 radical (unpaired) electrons. The fraction of sp³-hybridized carbons (Fsp3) is 0.500. The van der Waals surface area contributed by atoms with Gasteiger partial charge in [0.25, 0.3) is 0 Å². The zero-order valence-electron chi connectivity index (χ0n) is 8.76. The topological polar surface area (TPSA) is 26.0 Å². The molecule has 1 aromatic rings. The second-order valence-electron chi connectivity index (χ2n) is 4.72. The molecule has 0 saturated heterocycles. The Hall–Kier alpha value is -0.960. The molecular weight excluding hydrogens is 196 g/mol. The molecule has 82 valence electrons. The standard InChI is InChI=1S/C12H15F2N/c1-12(3-2-11(15)7-12)8-4-9(13)6-10(14)5-8/h4-6,11H,2-3,7,15H2,1H3. The largest absolute Gasteiger partial charge is 0.328 e. The predicted octanol–water partition coefficient (Wildman–Crippen LogP) is 2.73. The highest BCUT2D eigenvalue weighted by atomic mass is 19.1. The molecule has 0 amide bonds. The van der Waals surface area contributed by atoms with E-state index in [-0.39, 0.29) is 11.5 Å². The van der Waals surface area contributed by atoms with Crippen LogP contribution in [0, 0.1) is 11.6 Å². The molecule has 0 spiro atoms. The predicted molar refractivity (Wildman–Crippen MR) is 55.5 cm³/mol. The van der Waals surface area contributed by atoms with Crippen molar-refractivity contribution in [3.05, 3.63) is 35.4 Å². The molecule has 1 aliphatic rings. The summed E-state index contributed by atoms with van der Waals surface area (Å²) in [6.45, 7) is 2.02. The van der Waals surface area contributed by atoms with Crippen molar-refractivity contribution in [2.75, 3.05) is 0 Å². The summed E-state index contributed by atoms with van der Waals surface area (Å²) in [4.78, 5) is 0. The lowest BCUT2D eigenvalue weighted by molar-refractivity contribution is 0.471. The number of rotatable bonds is 1. The van der Waals surface area contributed by atoms with Crippen molar-refractivity contribution in [3.8, 4) is 0 Å². The van der Waals surface area contributed by atoms with Crippen LogP contribution in [0.25, 0.3) is 0 Å². The van der Waals surface area contributed by atoms with Crippen LogP contribution >= 0.6 is 0 Å². The maximum atomic E-state index is 13.1. The van der Waals surface area contributed by atoms with Gasteiger partial charge in [-0.3, -0.25) is 0 Å². The molecule has 2 unspecified atom stereocenters. The number of benzene rings is 1. The molecule has 2 rings (SSSR count). The summed E-state index contributed by atoms with van der Waals surface area (Å²) < 4.78 is 26.2. The average Bonchev–Trinajstić information content (AvgIpc) is 2.46. The van der Waals surface area contributed by atoms with Crippen molar-refractivity contribution in [1.29, 1.82) is 0 Å². The van der Waals surface area contributed by atoms with Crippen LogP contribution in [0.3, 0.4) is 0 Å². The Kier molecular flexibility index (Phi) is 2.51. The smallest absolute Gasteiger partial charge is 0.126 e.